The molecule has 3 rings (SSSR count). The van der Waals surface area contributed by atoms with Gasteiger partial charge in [-0.1, -0.05) is 23.5 Å². The number of hydrogen-bond donors (Lipinski definition) is 3. The summed E-state index contributed by atoms with van der Waals surface area (Å²) < 4.78 is 1.00. The van der Waals surface area contributed by atoms with Gasteiger partial charge in [0.25, 0.3) is 5.91 Å². The van der Waals surface area contributed by atoms with E-state index in [1.165, 1.54) is 23.5 Å². The number of fused-ring (bicyclic) bond motifs is 1. The van der Waals surface area contributed by atoms with Gasteiger partial charge in [-0.2, -0.15) is 0 Å². The van der Waals surface area contributed by atoms with E-state index >= 15 is 0 Å². The molecule has 2 aromatic carbocycles. The van der Waals surface area contributed by atoms with Crippen LogP contribution in [0.15, 0.2) is 36.4 Å². The van der Waals surface area contributed by atoms with Crippen LogP contribution in [0, 0.1) is 6.92 Å². The molecule has 0 atom stereocenters. The van der Waals surface area contributed by atoms with Crippen molar-refractivity contribution in [2.45, 2.75) is 6.92 Å². The van der Waals surface area contributed by atoms with Crippen molar-refractivity contribution in [1.82, 2.24) is 4.98 Å². The van der Waals surface area contributed by atoms with E-state index in [1.54, 1.807) is 6.07 Å². The molecule has 3 aromatic rings. The molecular formula is C15H13N3O2S. The predicted octanol–water partition coefficient (Wildman–Crippen LogP) is 3.14. The first-order valence-electron chi connectivity index (χ1n) is 6.30. The summed E-state index contributed by atoms with van der Waals surface area (Å²) in [6, 6.07) is 10.6. The smallest absolute Gasteiger partial charge is 0.261 e. The van der Waals surface area contributed by atoms with Crippen LogP contribution in [-0.2, 0) is 0 Å². The maximum absolute atomic E-state index is 12.2. The lowest BCUT2D eigenvalue weighted by Crippen LogP contribution is -2.12. The molecule has 4 N–H and O–H groups in total. The van der Waals surface area contributed by atoms with Crippen molar-refractivity contribution >= 4 is 38.3 Å². The second kappa shape index (κ2) is 5.06. The number of aryl methyl sites for hydroxylation is 1. The zero-order chi connectivity index (χ0) is 15.0. The third-order valence-corrected chi connectivity index (χ3v) is 4.01. The van der Waals surface area contributed by atoms with Crippen molar-refractivity contribution < 1.29 is 9.90 Å². The highest BCUT2D eigenvalue weighted by Gasteiger charge is 2.15. The molecule has 1 aromatic heterocycles. The zero-order valence-electron chi connectivity index (χ0n) is 11.3. The van der Waals surface area contributed by atoms with Crippen LogP contribution in [0.5, 0.6) is 5.75 Å². The molecule has 0 bridgehead atoms. The van der Waals surface area contributed by atoms with E-state index < -0.39 is 5.91 Å². The summed E-state index contributed by atoms with van der Waals surface area (Å²) >= 11 is 1.39. The number of nitrogens with one attached hydrogen (secondary N) is 1. The number of rotatable bonds is 2. The highest BCUT2D eigenvalue weighted by Crippen LogP contribution is 2.29. The SMILES string of the molecule is Cc1ccc2nc(NC(=O)c3cccc(N)c3O)sc2c1. The van der Waals surface area contributed by atoms with E-state index in [2.05, 4.69) is 10.3 Å². The Balaban J connectivity index is 1.91. The number of anilines is 2. The van der Waals surface area contributed by atoms with Crippen molar-refractivity contribution in [2.75, 3.05) is 11.1 Å². The summed E-state index contributed by atoms with van der Waals surface area (Å²) in [6.07, 6.45) is 0. The summed E-state index contributed by atoms with van der Waals surface area (Å²) in [4.78, 5) is 16.5. The Bertz CT molecular complexity index is 842. The number of phenols is 1. The van der Waals surface area contributed by atoms with Crippen molar-refractivity contribution in [3.8, 4) is 5.75 Å². The second-order valence-electron chi connectivity index (χ2n) is 4.69. The van der Waals surface area contributed by atoms with Gasteiger partial charge in [-0.05, 0) is 36.8 Å². The first-order chi connectivity index (χ1) is 10.0. The molecule has 1 amide bonds. The minimum atomic E-state index is -0.435. The average molecular weight is 299 g/mol. The molecule has 0 fully saturated rings. The number of hydrogen-bond acceptors (Lipinski definition) is 5. The van der Waals surface area contributed by atoms with Gasteiger partial charge < -0.3 is 10.8 Å². The highest BCUT2D eigenvalue weighted by molar-refractivity contribution is 7.22. The number of thiazole rings is 1. The number of phenolic OH excluding ortho intramolecular Hbond substituents is 1. The summed E-state index contributed by atoms with van der Waals surface area (Å²) in [6.45, 7) is 2.00. The molecule has 0 aliphatic carbocycles. The number of para-hydroxylation sites is 1. The summed E-state index contributed by atoms with van der Waals surface area (Å²) in [5.74, 6) is -0.650. The lowest BCUT2D eigenvalue weighted by Gasteiger charge is -2.05. The molecule has 0 unspecified atom stereocenters. The first kappa shape index (κ1) is 13.4. The molecule has 106 valence electrons. The number of aromatic hydroxyl groups is 1. The van der Waals surface area contributed by atoms with Crippen LogP contribution in [0.1, 0.15) is 15.9 Å². The van der Waals surface area contributed by atoms with Gasteiger partial charge in [0.15, 0.2) is 10.9 Å². The number of amides is 1. The normalized spacial score (nSPS) is 10.7. The van der Waals surface area contributed by atoms with Crippen molar-refractivity contribution in [2.24, 2.45) is 0 Å². The molecule has 6 heteroatoms. The van der Waals surface area contributed by atoms with Gasteiger partial charge in [-0.25, -0.2) is 4.98 Å². The van der Waals surface area contributed by atoms with Gasteiger partial charge in [-0.15, -0.1) is 0 Å². The number of nitrogen functional groups attached to an aromatic ring is 1. The van der Waals surface area contributed by atoms with E-state index in [0.717, 1.165) is 15.8 Å². The number of nitrogens with zero attached hydrogens (tertiary/aromatic N) is 1. The minimum absolute atomic E-state index is 0.130. The summed E-state index contributed by atoms with van der Waals surface area (Å²) in [7, 11) is 0. The number of benzene rings is 2. The van der Waals surface area contributed by atoms with Crippen LogP contribution < -0.4 is 11.1 Å². The Morgan fingerprint density at radius 1 is 1.33 bits per heavy atom. The fraction of sp³-hybridized carbons (Fsp3) is 0.0667. The molecule has 5 nitrogen and oxygen atoms in total. The van der Waals surface area contributed by atoms with Gasteiger partial charge in [-0.3, -0.25) is 10.1 Å². The highest BCUT2D eigenvalue weighted by atomic mass is 32.1. The molecule has 0 aliphatic rings. The number of carbonyl (C=O) groups is 1. The zero-order valence-corrected chi connectivity index (χ0v) is 12.1. The van der Waals surface area contributed by atoms with E-state index in [9.17, 15) is 9.90 Å². The Morgan fingerprint density at radius 3 is 2.95 bits per heavy atom. The molecule has 0 saturated heterocycles. The second-order valence-corrected chi connectivity index (χ2v) is 5.72. The van der Waals surface area contributed by atoms with E-state index in [-0.39, 0.29) is 17.0 Å². The topological polar surface area (TPSA) is 88.2 Å². The Morgan fingerprint density at radius 2 is 2.14 bits per heavy atom. The number of aromatic nitrogens is 1. The lowest BCUT2D eigenvalue weighted by molar-refractivity contribution is 0.102. The Labute approximate surface area is 125 Å². The van der Waals surface area contributed by atoms with Gasteiger partial charge in [0.2, 0.25) is 0 Å². The van der Waals surface area contributed by atoms with Gasteiger partial charge in [0.05, 0.1) is 21.5 Å². The predicted molar refractivity (Wildman–Crippen MR) is 84.8 cm³/mol. The number of nitrogens with two attached hydrogens (primary N) is 1. The third kappa shape index (κ3) is 2.53. The standard InChI is InChI=1S/C15H13N3O2S/c1-8-5-6-11-12(7-8)21-15(17-11)18-14(20)9-3-2-4-10(16)13(9)19/h2-7,19H,16H2,1H3,(H,17,18,20). The molecule has 21 heavy (non-hydrogen) atoms. The van der Waals surface area contributed by atoms with Crippen LogP contribution in [0.25, 0.3) is 10.2 Å². The first-order valence-corrected chi connectivity index (χ1v) is 7.12. The molecule has 0 saturated carbocycles. The van der Waals surface area contributed by atoms with E-state index in [4.69, 9.17) is 5.73 Å². The lowest BCUT2D eigenvalue weighted by atomic mass is 10.1. The van der Waals surface area contributed by atoms with Gasteiger partial charge >= 0.3 is 0 Å². The molecule has 1 heterocycles. The van der Waals surface area contributed by atoms with Crippen molar-refractivity contribution in [1.29, 1.82) is 0 Å². The summed E-state index contributed by atoms with van der Waals surface area (Å²) in [5.41, 5.74) is 7.85. The van der Waals surface area contributed by atoms with Crippen LogP contribution in [-0.4, -0.2) is 16.0 Å². The van der Waals surface area contributed by atoms with Crippen molar-refractivity contribution in [3.63, 3.8) is 0 Å². The van der Waals surface area contributed by atoms with Crippen LogP contribution >= 0.6 is 11.3 Å². The van der Waals surface area contributed by atoms with E-state index in [0.29, 0.717) is 5.13 Å². The largest absolute Gasteiger partial charge is 0.505 e. The van der Waals surface area contributed by atoms with Gasteiger partial charge in [0, 0.05) is 0 Å². The van der Waals surface area contributed by atoms with Crippen molar-refractivity contribution in [3.05, 3.63) is 47.5 Å². The molecule has 0 spiro atoms. The fourth-order valence-corrected chi connectivity index (χ4v) is 2.95. The minimum Gasteiger partial charge on any atom is -0.505 e. The maximum atomic E-state index is 12.2. The Hall–Kier alpha value is -2.60. The molecule has 0 aliphatic heterocycles. The van der Waals surface area contributed by atoms with Crippen LogP contribution in [0.2, 0.25) is 0 Å². The molecular weight excluding hydrogens is 286 g/mol. The van der Waals surface area contributed by atoms with Crippen LogP contribution in [0.3, 0.4) is 0 Å². The van der Waals surface area contributed by atoms with Crippen LogP contribution in [0.4, 0.5) is 10.8 Å². The quantitative estimate of drug-likeness (QED) is 0.501. The number of carbonyl (C=O) groups excluding carboxylic acids is 1. The van der Waals surface area contributed by atoms with Gasteiger partial charge in [0.1, 0.15) is 0 Å². The Kier molecular flexibility index (Phi) is 3.23. The maximum Gasteiger partial charge on any atom is 0.261 e. The molecule has 0 radical (unpaired) electrons. The average Bonchev–Trinajstić information content (AvgIpc) is 2.83. The fourth-order valence-electron chi connectivity index (χ4n) is 1.99. The monoisotopic (exact) mass is 299 g/mol. The third-order valence-electron chi connectivity index (χ3n) is 3.08. The summed E-state index contributed by atoms with van der Waals surface area (Å²) in [5, 5.41) is 13.0. The van der Waals surface area contributed by atoms with E-state index in [1.807, 2.05) is 25.1 Å².